The average Bonchev–Trinajstić information content (AvgIpc) is 2.78. The Morgan fingerprint density at radius 2 is 1.34 bits per heavy atom. The SMILES string of the molecule is O=C(C=Cc1cccc2ccccc12)Nc1ccc(N=Nc2ccccc2)cc1. The number of azo groups is 1. The number of nitrogens with one attached hydrogen (secondary N) is 1. The van der Waals surface area contributed by atoms with E-state index in [9.17, 15) is 4.79 Å². The third kappa shape index (κ3) is 4.82. The van der Waals surface area contributed by atoms with Gasteiger partial charge in [0.15, 0.2) is 0 Å². The molecule has 4 heteroatoms. The minimum Gasteiger partial charge on any atom is -0.323 e. The van der Waals surface area contributed by atoms with E-state index in [1.54, 1.807) is 6.08 Å². The molecule has 0 saturated carbocycles. The van der Waals surface area contributed by atoms with Crippen LogP contribution in [-0.2, 0) is 4.79 Å². The third-order valence-corrected chi connectivity index (χ3v) is 4.41. The first kappa shape index (κ1) is 18.3. The van der Waals surface area contributed by atoms with Crippen LogP contribution in [0.3, 0.4) is 0 Å². The molecule has 0 bridgehead atoms. The molecular weight excluding hydrogens is 358 g/mol. The maximum atomic E-state index is 12.3. The number of carbonyl (C=O) groups excluding carboxylic acids is 1. The van der Waals surface area contributed by atoms with Crippen molar-refractivity contribution in [2.45, 2.75) is 0 Å². The molecule has 4 aromatic carbocycles. The Labute approximate surface area is 169 Å². The molecule has 0 spiro atoms. The molecule has 0 saturated heterocycles. The normalized spacial score (nSPS) is 11.3. The van der Waals surface area contributed by atoms with Gasteiger partial charge < -0.3 is 5.32 Å². The molecule has 0 unspecified atom stereocenters. The second kappa shape index (κ2) is 8.76. The van der Waals surface area contributed by atoms with E-state index < -0.39 is 0 Å². The lowest BCUT2D eigenvalue weighted by Crippen LogP contribution is -2.07. The molecule has 4 nitrogen and oxygen atoms in total. The van der Waals surface area contributed by atoms with Crippen LogP contribution >= 0.6 is 0 Å². The fraction of sp³-hybridized carbons (Fsp3) is 0. The Morgan fingerprint density at radius 1 is 0.690 bits per heavy atom. The van der Waals surface area contributed by atoms with E-state index in [4.69, 9.17) is 0 Å². The zero-order valence-corrected chi connectivity index (χ0v) is 15.7. The number of hydrogen-bond acceptors (Lipinski definition) is 3. The first-order valence-electron chi connectivity index (χ1n) is 9.32. The molecule has 140 valence electrons. The topological polar surface area (TPSA) is 53.8 Å². The number of carbonyl (C=O) groups is 1. The van der Waals surface area contributed by atoms with Gasteiger partial charge in [-0.15, -0.1) is 0 Å². The van der Waals surface area contributed by atoms with Crippen molar-refractivity contribution in [1.29, 1.82) is 0 Å². The highest BCUT2D eigenvalue weighted by Crippen LogP contribution is 2.21. The first-order chi connectivity index (χ1) is 14.3. The standard InChI is InChI=1S/C25H19N3O/c29-25(18-13-20-9-6-8-19-7-4-5-12-24(19)20)26-21-14-16-23(17-15-21)28-27-22-10-2-1-3-11-22/h1-18H,(H,26,29). The van der Waals surface area contributed by atoms with E-state index in [0.717, 1.165) is 27.7 Å². The highest BCUT2D eigenvalue weighted by Gasteiger charge is 2.00. The third-order valence-electron chi connectivity index (χ3n) is 4.41. The Hall–Kier alpha value is -4.05. The maximum absolute atomic E-state index is 12.3. The Balaban J connectivity index is 1.40. The number of fused-ring (bicyclic) bond motifs is 1. The second-order valence-electron chi connectivity index (χ2n) is 6.47. The summed E-state index contributed by atoms with van der Waals surface area (Å²) in [4.78, 5) is 12.3. The average molecular weight is 377 g/mol. The van der Waals surface area contributed by atoms with Gasteiger partial charge in [0.2, 0.25) is 5.91 Å². The molecule has 4 rings (SSSR count). The summed E-state index contributed by atoms with van der Waals surface area (Å²) in [6.07, 6.45) is 3.38. The lowest BCUT2D eigenvalue weighted by molar-refractivity contribution is -0.111. The number of benzene rings is 4. The molecule has 0 atom stereocenters. The summed E-state index contributed by atoms with van der Waals surface area (Å²) in [5, 5.41) is 13.5. The van der Waals surface area contributed by atoms with Crippen molar-refractivity contribution in [3.8, 4) is 0 Å². The fourth-order valence-corrected chi connectivity index (χ4v) is 2.97. The van der Waals surface area contributed by atoms with Crippen molar-refractivity contribution < 1.29 is 4.79 Å². The predicted molar refractivity (Wildman–Crippen MR) is 119 cm³/mol. The predicted octanol–water partition coefficient (Wildman–Crippen LogP) is 6.91. The number of rotatable bonds is 5. The Kier molecular flexibility index (Phi) is 5.53. The molecule has 29 heavy (non-hydrogen) atoms. The molecule has 0 radical (unpaired) electrons. The van der Waals surface area contributed by atoms with Crippen LogP contribution in [0.15, 0.2) is 113 Å². The molecule has 0 fully saturated rings. The van der Waals surface area contributed by atoms with E-state index in [-0.39, 0.29) is 5.91 Å². The van der Waals surface area contributed by atoms with Crippen molar-refractivity contribution in [1.82, 2.24) is 0 Å². The van der Waals surface area contributed by atoms with Gasteiger partial charge in [0, 0.05) is 11.8 Å². The van der Waals surface area contributed by atoms with Crippen LogP contribution in [0.2, 0.25) is 0 Å². The van der Waals surface area contributed by atoms with Gasteiger partial charge in [-0.2, -0.15) is 10.2 Å². The van der Waals surface area contributed by atoms with Gasteiger partial charge >= 0.3 is 0 Å². The summed E-state index contributed by atoms with van der Waals surface area (Å²) < 4.78 is 0. The molecule has 0 aromatic heterocycles. The van der Waals surface area contributed by atoms with Crippen LogP contribution in [0.5, 0.6) is 0 Å². The van der Waals surface area contributed by atoms with Gasteiger partial charge in [0.1, 0.15) is 0 Å². The van der Waals surface area contributed by atoms with Gasteiger partial charge in [-0.25, -0.2) is 0 Å². The molecule has 0 aliphatic heterocycles. The van der Waals surface area contributed by atoms with E-state index in [0.29, 0.717) is 5.69 Å². The smallest absolute Gasteiger partial charge is 0.248 e. The van der Waals surface area contributed by atoms with Gasteiger partial charge in [-0.1, -0.05) is 60.7 Å². The summed E-state index contributed by atoms with van der Waals surface area (Å²) in [6.45, 7) is 0. The number of hydrogen-bond donors (Lipinski definition) is 1. The Bertz CT molecular complexity index is 1170. The van der Waals surface area contributed by atoms with Crippen LogP contribution in [0.4, 0.5) is 17.1 Å². The van der Waals surface area contributed by atoms with E-state index in [1.807, 2.05) is 84.9 Å². The molecule has 1 N–H and O–H groups in total. The van der Waals surface area contributed by atoms with Gasteiger partial charge in [-0.3, -0.25) is 4.79 Å². The molecule has 0 aliphatic rings. The molecule has 0 heterocycles. The highest BCUT2D eigenvalue weighted by molar-refractivity contribution is 6.03. The zero-order chi connectivity index (χ0) is 19.9. The summed E-state index contributed by atoms with van der Waals surface area (Å²) in [6, 6.07) is 31.0. The van der Waals surface area contributed by atoms with Gasteiger partial charge in [-0.05, 0) is 58.8 Å². The summed E-state index contributed by atoms with van der Waals surface area (Å²) >= 11 is 0. The van der Waals surface area contributed by atoms with Crippen molar-refractivity contribution in [3.63, 3.8) is 0 Å². The van der Waals surface area contributed by atoms with Crippen molar-refractivity contribution >= 4 is 39.8 Å². The zero-order valence-electron chi connectivity index (χ0n) is 15.7. The first-order valence-corrected chi connectivity index (χ1v) is 9.32. The highest BCUT2D eigenvalue weighted by atomic mass is 16.1. The van der Waals surface area contributed by atoms with Crippen LogP contribution in [0.1, 0.15) is 5.56 Å². The largest absolute Gasteiger partial charge is 0.323 e. The number of nitrogens with zero attached hydrogens (tertiary/aromatic N) is 2. The monoisotopic (exact) mass is 377 g/mol. The minimum absolute atomic E-state index is 0.184. The minimum atomic E-state index is -0.184. The van der Waals surface area contributed by atoms with E-state index in [1.165, 1.54) is 0 Å². The van der Waals surface area contributed by atoms with Crippen LogP contribution < -0.4 is 5.32 Å². The Morgan fingerprint density at radius 3 is 2.14 bits per heavy atom. The van der Waals surface area contributed by atoms with Crippen molar-refractivity contribution in [2.24, 2.45) is 10.2 Å². The number of anilines is 1. The molecule has 1 amide bonds. The molecule has 4 aromatic rings. The van der Waals surface area contributed by atoms with Gasteiger partial charge in [0.25, 0.3) is 0 Å². The lowest BCUT2D eigenvalue weighted by Gasteiger charge is -2.03. The van der Waals surface area contributed by atoms with Crippen molar-refractivity contribution in [3.05, 3.63) is 109 Å². The van der Waals surface area contributed by atoms with Crippen LogP contribution in [0, 0.1) is 0 Å². The number of amides is 1. The summed E-state index contributed by atoms with van der Waals surface area (Å²) in [5.74, 6) is -0.184. The summed E-state index contributed by atoms with van der Waals surface area (Å²) in [5.41, 5.74) is 3.23. The quantitative estimate of drug-likeness (QED) is 0.298. The second-order valence-corrected chi connectivity index (χ2v) is 6.47. The van der Waals surface area contributed by atoms with Crippen LogP contribution in [-0.4, -0.2) is 5.91 Å². The maximum Gasteiger partial charge on any atom is 0.248 e. The van der Waals surface area contributed by atoms with E-state index in [2.05, 4.69) is 33.7 Å². The molecular formula is C25H19N3O. The van der Waals surface area contributed by atoms with Crippen molar-refractivity contribution in [2.75, 3.05) is 5.32 Å². The van der Waals surface area contributed by atoms with Crippen LogP contribution in [0.25, 0.3) is 16.8 Å². The molecule has 0 aliphatic carbocycles. The lowest BCUT2D eigenvalue weighted by atomic mass is 10.0. The van der Waals surface area contributed by atoms with Gasteiger partial charge in [0.05, 0.1) is 11.4 Å². The van der Waals surface area contributed by atoms with E-state index >= 15 is 0 Å². The fourth-order valence-electron chi connectivity index (χ4n) is 2.97. The summed E-state index contributed by atoms with van der Waals surface area (Å²) in [7, 11) is 0.